The van der Waals surface area contributed by atoms with Crippen LogP contribution in [0.4, 0.5) is 0 Å². The quantitative estimate of drug-likeness (QED) is 0.773. The fourth-order valence-electron chi connectivity index (χ4n) is 2.39. The van der Waals surface area contributed by atoms with Crippen molar-refractivity contribution in [1.82, 2.24) is 0 Å². The van der Waals surface area contributed by atoms with Gasteiger partial charge in [-0.1, -0.05) is 27.7 Å². The number of hydrogen-bond donors (Lipinski definition) is 1. The summed E-state index contributed by atoms with van der Waals surface area (Å²) in [5.41, 5.74) is 4.76. The number of ether oxygens (including phenoxy) is 1. The van der Waals surface area contributed by atoms with Crippen LogP contribution in [0.25, 0.3) is 0 Å². The second kappa shape index (κ2) is 4.60. The Labute approximate surface area is 105 Å². The molecule has 1 atom stereocenters. The van der Waals surface area contributed by atoms with Gasteiger partial charge in [0.05, 0.1) is 0 Å². The van der Waals surface area contributed by atoms with E-state index >= 15 is 0 Å². The normalized spacial score (nSPS) is 23.2. The molecule has 2 N–H and O–H groups in total. The maximum Gasteiger partial charge on any atom is 0.326 e. The van der Waals surface area contributed by atoms with Gasteiger partial charge in [-0.15, -0.1) is 0 Å². The van der Waals surface area contributed by atoms with Crippen LogP contribution in [0.2, 0.25) is 0 Å². The van der Waals surface area contributed by atoms with Gasteiger partial charge >= 0.3 is 5.97 Å². The molecule has 0 aromatic rings. The number of carbonyl (C=O) groups is 1. The highest BCUT2D eigenvalue weighted by Gasteiger charge is 2.49. The molecule has 0 heterocycles. The first kappa shape index (κ1) is 14.5. The van der Waals surface area contributed by atoms with Crippen LogP contribution in [-0.4, -0.2) is 17.1 Å². The second-order valence-electron chi connectivity index (χ2n) is 6.61. The minimum Gasteiger partial charge on any atom is -0.457 e. The van der Waals surface area contributed by atoms with E-state index in [-0.39, 0.29) is 17.0 Å². The molecule has 0 spiro atoms. The number of rotatable bonds is 3. The molecule has 3 heteroatoms. The Morgan fingerprint density at radius 3 is 2.06 bits per heavy atom. The predicted octanol–water partition coefficient (Wildman–Crippen LogP) is 3.02. The monoisotopic (exact) mass is 241 g/mol. The van der Waals surface area contributed by atoms with E-state index in [1.807, 2.05) is 6.92 Å². The van der Waals surface area contributed by atoms with Crippen LogP contribution in [0.1, 0.15) is 66.7 Å². The molecule has 1 aliphatic carbocycles. The summed E-state index contributed by atoms with van der Waals surface area (Å²) in [7, 11) is 0. The lowest BCUT2D eigenvalue weighted by Crippen LogP contribution is -2.52. The molecule has 1 saturated carbocycles. The van der Waals surface area contributed by atoms with Gasteiger partial charge in [0.25, 0.3) is 0 Å². The molecule has 3 nitrogen and oxygen atoms in total. The molecular weight excluding hydrogens is 214 g/mol. The van der Waals surface area contributed by atoms with Gasteiger partial charge < -0.3 is 10.5 Å². The third-order valence-electron chi connectivity index (χ3n) is 4.27. The fourth-order valence-corrected chi connectivity index (χ4v) is 2.39. The fraction of sp³-hybridized carbons (Fsp3) is 0.929. The zero-order valence-electron chi connectivity index (χ0n) is 11.9. The van der Waals surface area contributed by atoms with Crippen molar-refractivity contribution in [3.8, 4) is 0 Å². The molecule has 100 valence electrons. The van der Waals surface area contributed by atoms with E-state index in [1.165, 1.54) is 0 Å². The minimum atomic E-state index is -0.860. The average Bonchev–Trinajstić information content (AvgIpc) is 2.66. The van der Waals surface area contributed by atoms with Crippen molar-refractivity contribution in [2.75, 3.05) is 0 Å². The van der Waals surface area contributed by atoms with Gasteiger partial charge in [-0.2, -0.15) is 0 Å². The lowest BCUT2D eigenvalue weighted by atomic mass is 9.75. The van der Waals surface area contributed by atoms with E-state index in [2.05, 4.69) is 20.8 Å². The third-order valence-corrected chi connectivity index (χ3v) is 4.27. The lowest BCUT2D eigenvalue weighted by Gasteiger charge is -2.42. The summed E-state index contributed by atoms with van der Waals surface area (Å²) in [6.45, 7) is 10.1. The minimum absolute atomic E-state index is 0.0248. The first-order valence-corrected chi connectivity index (χ1v) is 6.67. The smallest absolute Gasteiger partial charge is 0.326 e. The molecule has 0 bridgehead atoms. The SMILES string of the molecule is CCC(C)(N)C(=O)OC1(C(C)(C)C)CCCC1. The molecule has 17 heavy (non-hydrogen) atoms. The zero-order valence-corrected chi connectivity index (χ0v) is 11.9. The van der Waals surface area contributed by atoms with Crippen LogP contribution in [0.15, 0.2) is 0 Å². The van der Waals surface area contributed by atoms with Crippen LogP contribution < -0.4 is 5.73 Å². The Bertz CT molecular complexity index is 283. The van der Waals surface area contributed by atoms with Crippen LogP contribution in [0.3, 0.4) is 0 Å². The van der Waals surface area contributed by atoms with E-state index in [4.69, 9.17) is 10.5 Å². The number of hydrogen-bond acceptors (Lipinski definition) is 3. The van der Waals surface area contributed by atoms with Gasteiger partial charge in [-0.25, -0.2) is 0 Å². The van der Waals surface area contributed by atoms with E-state index in [0.717, 1.165) is 25.7 Å². The molecule has 1 rings (SSSR count). The Morgan fingerprint density at radius 2 is 1.71 bits per heavy atom. The van der Waals surface area contributed by atoms with Crippen LogP contribution >= 0.6 is 0 Å². The first-order valence-electron chi connectivity index (χ1n) is 6.67. The highest BCUT2D eigenvalue weighted by Crippen LogP contribution is 2.46. The molecule has 0 aromatic heterocycles. The predicted molar refractivity (Wildman–Crippen MR) is 69.6 cm³/mol. The van der Waals surface area contributed by atoms with E-state index in [0.29, 0.717) is 6.42 Å². The van der Waals surface area contributed by atoms with Crippen molar-refractivity contribution < 1.29 is 9.53 Å². The zero-order chi connectivity index (χ0) is 13.3. The lowest BCUT2D eigenvalue weighted by molar-refractivity contribution is -0.178. The summed E-state index contributed by atoms with van der Waals surface area (Å²) < 4.78 is 5.86. The average molecular weight is 241 g/mol. The number of nitrogens with two attached hydrogens (primary N) is 1. The Hall–Kier alpha value is -0.570. The van der Waals surface area contributed by atoms with Gasteiger partial charge in [-0.3, -0.25) is 4.79 Å². The second-order valence-corrected chi connectivity index (χ2v) is 6.61. The molecule has 1 fully saturated rings. The maximum absolute atomic E-state index is 12.2. The van der Waals surface area contributed by atoms with Crippen molar-refractivity contribution >= 4 is 5.97 Å². The molecular formula is C14H27NO2. The summed E-state index contributed by atoms with van der Waals surface area (Å²) in [4.78, 5) is 12.2. The van der Waals surface area contributed by atoms with Crippen LogP contribution in [-0.2, 0) is 9.53 Å². The summed E-state index contributed by atoms with van der Waals surface area (Å²) in [6, 6.07) is 0. The molecule has 0 radical (unpaired) electrons. The standard InChI is InChI=1S/C14H27NO2/c1-6-13(5,15)11(16)17-14(12(2,3)4)9-7-8-10-14/h6-10,15H2,1-5H3. The van der Waals surface area contributed by atoms with Crippen LogP contribution in [0.5, 0.6) is 0 Å². The number of esters is 1. The highest BCUT2D eigenvalue weighted by atomic mass is 16.6. The van der Waals surface area contributed by atoms with Crippen molar-refractivity contribution in [2.45, 2.75) is 77.9 Å². The summed E-state index contributed by atoms with van der Waals surface area (Å²) in [5, 5.41) is 0. The Kier molecular flexibility index (Phi) is 3.92. The largest absolute Gasteiger partial charge is 0.457 e. The Morgan fingerprint density at radius 1 is 1.24 bits per heavy atom. The number of carbonyl (C=O) groups excluding carboxylic acids is 1. The van der Waals surface area contributed by atoms with Gasteiger partial charge in [0, 0.05) is 5.41 Å². The van der Waals surface area contributed by atoms with Gasteiger partial charge in [0.15, 0.2) is 0 Å². The molecule has 1 unspecified atom stereocenters. The molecule has 0 aliphatic heterocycles. The topological polar surface area (TPSA) is 52.3 Å². The van der Waals surface area contributed by atoms with Crippen molar-refractivity contribution in [3.05, 3.63) is 0 Å². The van der Waals surface area contributed by atoms with Crippen molar-refractivity contribution in [2.24, 2.45) is 11.1 Å². The summed E-state index contributed by atoms with van der Waals surface area (Å²) >= 11 is 0. The Balaban J connectivity index is 2.86. The van der Waals surface area contributed by atoms with Crippen molar-refractivity contribution in [1.29, 1.82) is 0 Å². The molecule has 0 aromatic carbocycles. The van der Waals surface area contributed by atoms with E-state index in [1.54, 1.807) is 6.92 Å². The van der Waals surface area contributed by atoms with Gasteiger partial charge in [0.2, 0.25) is 0 Å². The third kappa shape index (κ3) is 2.82. The van der Waals surface area contributed by atoms with Gasteiger partial charge in [0.1, 0.15) is 11.1 Å². The summed E-state index contributed by atoms with van der Waals surface area (Å²) in [6.07, 6.45) is 4.80. The summed E-state index contributed by atoms with van der Waals surface area (Å²) in [5.74, 6) is -0.253. The maximum atomic E-state index is 12.2. The van der Waals surface area contributed by atoms with Gasteiger partial charge in [-0.05, 0) is 39.0 Å². The molecule has 0 amide bonds. The first-order chi connectivity index (χ1) is 7.65. The van der Waals surface area contributed by atoms with Crippen LogP contribution in [0, 0.1) is 5.41 Å². The molecule has 1 aliphatic rings. The van der Waals surface area contributed by atoms with E-state index in [9.17, 15) is 4.79 Å². The molecule has 0 saturated heterocycles. The van der Waals surface area contributed by atoms with Crippen molar-refractivity contribution in [3.63, 3.8) is 0 Å². The van der Waals surface area contributed by atoms with E-state index < -0.39 is 5.54 Å². The highest BCUT2D eigenvalue weighted by molar-refractivity contribution is 5.80.